The summed E-state index contributed by atoms with van der Waals surface area (Å²) in [6.07, 6.45) is 4.54. The van der Waals surface area contributed by atoms with Gasteiger partial charge >= 0.3 is 0 Å². The number of fused-ring (bicyclic) bond motifs is 1. The summed E-state index contributed by atoms with van der Waals surface area (Å²) >= 11 is 4.95. The lowest BCUT2D eigenvalue weighted by Gasteiger charge is -1.95. The van der Waals surface area contributed by atoms with E-state index in [2.05, 4.69) is 20.3 Å². The van der Waals surface area contributed by atoms with E-state index in [9.17, 15) is 4.79 Å². The summed E-state index contributed by atoms with van der Waals surface area (Å²) in [5.41, 5.74) is 1.52. The Bertz CT molecular complexity index is 845. The topological polar surface area (TPSA) is 78.8 Å². The Hall–Kier alpha value is -2.54. The molecule has 0 fully saturated rings. The molecule has 0 bridgehead atoms. The number of rotatable bonds is 2. The van der Waals surface area contributed by atoms with Gasteiger partial charge in [-0.15, -0.1) is 0 Å². The van der Waals surface area contributed by atoms with Gasteiger partial charge in [-0.05, 0) is 18.3 Å². The van der Waals surface area contributed by atoms with E-state index in [-0.39, 0.29) is 10.3 Å². The number of hydrogen-bond donors (Lipinski definition) is 2. The Morgan fingerprint density at radius 3 is 3.05 bits per heavy atom. The molecule has 94 valence electrons. The lowest BCUT2D eigenvalue weighted by atomic mass is 10.2. The Balaban J connectivity index is 2.08. The molecule has 0 unspecified atom stereocenters. The van der Waals surface area contributed by atoms with Crippen molar-refractivity contribution in [1.29, 1.82) is 0 Å². The van der Waals surface area contributed by atoms with Crippen LogP contribution < -0.4 is 5.56 Å². The summed E-state index contributed by atoms with van der Waals surface area (Å²) in [4.78, 5) is 14.7. The highest BCUT2D eigenvalue weighted by atomic mass is 32.1. The molecule has 0 atom stereocenters. The molecule has 3 aromatic rings. The Morgan fingerprint density at radius 2 is 2.21 bits per heavy atom. The maximum absolute atomic E-state index is 11.6. The molecule has 0 aliphatic carbocycles. The highest BCUT2D eigenvalue weighted by Crippen LogP contribution is 2.15. The zero-order valence-corrected chi connectivity index (χ0v) is 10.5. The van der Waals surface area contributed by atoms with Crippen LogP contribution >= 0.6 is 12.2 Å². The van der Waals surface area contributed by atoms with Gasteiger partial charge in [0.25, 0.3) is 5.56 Å². The van der Waals surface area contributed by atoms with Crippen LogP contribution in [-0.2, 0) is 0 Å². The average Bonchev–Trinajstić information content (AvgIpc) is 2.82. The number of aromatic nitrogens is 4. The first kappa shape index (κ1) is 11.5. The van der Waals surface area contributed by atoms with Crippen LogP contribution in [-0.4, -0.2) is 26.1 Å². The van der Waals surface area contributed by atoms with Crippen molar-refractivity contribution < 1.29 is 0 Å². The summed E-state index contributed by atoms with van der Waals surface area (Å²) in [6.45, 7) is 0. The van der Waals surface area contributed by atoms with Crippen molar-refractivity contribution in [1.82, 2.24) is 19.9 Å². The molecule has 0 saturated heterocycles. The van der Waals surface area contributed by atoms with E-state index in [0.29, 0.717) is 0 Å². The number of nitrogens with one attached hydrogen (secondary N) is 2. The second-order valence-electron chi connectivity index (χ2n) is 3.86. The number of aromatic amines is 2. The zero-order chi connectivity index (χ0) is 13.2. The second kappa shape index (κ2) is 4.62. The molecule has 19 heavy (non-hydrogen) atoms. The van der Waals surface area contributed by atoms with E-state index < -0.39 is 0 Å². The van der Waals surface area contributed by atoms with Crippen molar-refractivity contribution in [3.8, 4) is 0 Å². The third kappa shape index (κ3) is 2.11. The van der Waals surface area contributed by atoms with Gasteiger partial charge < -0.3 is 4.98 Å². The lowest BCUT2D eigenvalue weighted by molar-refractivity contribution is 0.738. The molecule has 0 radical (unpaired) electrons. The van der Waals surface area contributed by atoms with E-state index in [1.165, 1.54) is 0 Å². The minimum atomic E-state index is -0.375. The molecule has 0 aliphatic rings. The molecule has 0 saturated carbocycles. The predicted octanol–water partition coefficient (Wildman–Crippen LogP) is 1.66. The van der Waals surface area contributed by atoms with Crippen LogP contribution in [0.4, 0.5) is 0 Å². The first-order valence-corrected chi connectivity index (χ1v) is 5.94. The van der Waals surface area contributed by atoms with E-state index in [4.69, 9.17) is 12.2 Å². The predicted molar refractivity (Wildman–Crippen MR) is 75.0 cm³/mol. The minimum Gasteiger partial charge on any atom is -0.361 e. The zero-order valence-electron chi connectivity index (χ0n) is 9.70. The standard InChI is InChI=1S/C12H9N5OS/c18-11-7-14-16-12(19)17(11)15-6-8-5-13-10-4-2-1-3-9(8)10/h1-7,13H,(H,16,19)/b15-6-. The quantitative estimate of drug-likeness (QED) is 0.549. The van der Waals surface area contributed by atoms with Crippen molar-refractivity contribution in [2.45, 2.75) is 0 Å². The summed E-state index contributed by atoms with van der Waals surface area (Å²) in [7, 11) is 0. The van der Waals surface area contributed by atoms with Crippen LogP contribution in [0.15, 0.2) is 46.6 Å². The number of nitrogens with zero attached hydrogens (tertiary/aromatic N) is 3. The summed E-state index contributed by atoms with van der Waals surface area (Å²) < 4.78 is 1.24. The summed E-state index contributed by atoms with van der Waals surface area (Å²) in [5, 5.41) is 11.2. The third-order valence-corrected chi connectivity index (χ3v) is 2.93. The molecule has 1 aromatic carbocycles. The van der Waals surface area contributed by atoms with Crippen molar-refractivity contribution in [3.63, 3.8) is 0 Å². The maximum Gasteiger partial charge on any atom is 0.293 e. The van der Waals surface area contributed by atoms with Gasteiger partial charge in [-0.1, -0.05) is 18.2 Å². The number of H-pyrrole nitrogens is 2. The minimum absolute atomic E-state index is 0.156. The van der Waals surface area contributed by atoms with Crippen LogP contribution in [0.25, 0.3) is 10.9 Å². The van der Waals surface area contributed by atoms with Gasteiger partial charge in [-0.3, -0.25) is 9.89 Å². The van der Waals surface area contributed by atoms with E-state index >= 15 is 0 Å². The molecule has 2 N–H and O–H groups in total. The van der Waals surface area contributed by atoms with Gasteiger partial charge in [0, 0.05) is 22.7 Å². The highest BCUT2D eigenvalue weighted by molar-refractivity contribution is 7.71. The monoisotopic (exact) mass is 271 g/mol. The molecule has 0 spiro atoms. The van der Waals surface area contributed by atoms with Gasteiger partial charge in [-0.25, -0.2) is 0 Å². The molecular weight excluding hydrogens is 262 g/mol. The SMILES string of the molecule is O=c1cn[nH]c(=S)n1/N=C\c1c[nH]c2ccccc12. The van der Waals surface area contributed by atoms with Crippen molar-refractivity contribution in [2.75, 3.05) is 0 Å². The fourth-order valence-corrected chi connectivity index (χ4v) is 1.96. The average molecular weight is 271 g/mol. The van der Waals surface area contributed by atoms with Crippen molar-refractivity contribution in [2.24, 2.45) is 5.10 Å². The maximum atomic E-state index is 11.6. The number of hydrogen-bond acceptors (Lipinski definition) is 4. The molecule has 6 nitrogen and oxygen atoms in total. The molecule has 0 amide bonds. The number of benzene rings is 1. The van der Waals surface area contributed by atoms with Crippen molar-refractivity contribution >= 4 is 29.3 Å². The first-order chi connectivity index (χ1) is 9.25. The van der Waals surface area contributed by atoms with E-state index in [1.807, 2.05) is 30.5 Å². The molecular formula is C12H9N5OS. The van der Waals surface area contributed by atoms with E-state index in [0.717, 1.165) is 27.3 Å². The Kier molecular flexibility index (Phi) is 2.81. The van der Waals surface area contributed by atoms with Gasteiger partial charge in [0.1, 0.15) is 6.20 Å². The Labute approximate surface area is 112 Å². The van der Waals surface area contributed by atoms with Crippen molar-refractivity contribution in [3.05, 3.63) is 57.3 Å². The van der Waals surface area contributed by atoms with Gasteiger partial charge in [-0.2, -0.15) is 14.9 Å². The third-order valence-electron chi connectivity index (χ3n) is 2.67. The van der Waals surface area contributed by atoms with Crippen LogP contribution in [0, 0.1) is 4.77 Å². The summed E-state index contributed by atoms with van der Waals surface area (Å²) in [5.74, 6) is 0. The first-order valence-electron chi connectivity index (χ1n) is 5.53. The second-order valence-corrected chi connectivity index (χ2v) is 4.25. The largest absolute Gasteiger partial charge is 0.361 e. The normalized spacial score (nSPS) is 11.4. The molecule has 2 heterocycles. The number of para-hydroxylation sites is 1. The fraction of sp³-hybridized carbons (Fsp3) is 0. The van der Waals surface area contributed by atoms with Crippen LogP contribution in [0.3, 0.4) is 0 Å². The molecule has 2 aromatic heterocycles. The Morgan fingerprint density at radius 1 is 1.37 bits per heavy atom. The smallest absolute Gasteiger partial charge is 0.293 e. The van der Waals surface area contributed by atoms with E-state index in [1.54, 1.807) is 6.21 Å². The molecule has 0 aliphatic heterocycles. The molecule has 3 rings (SSSR count). The lowest BCUT2D eigenvalue weighted by Crippen LogP contribution is -2.18. The van der Waals surface area contributed by atoms with Gasteiger partial charge in [0.15, 0.2) is 0 Å². The van der Waals surface area contributed by atoms with Crippen LogP contribution in [0.1, 0.15) is 5.56 Å². The van der Waals surface area contributed by atoms with Gasteiger partial charge in [0.2, 0.25) is 4.77 Å². The van der Waals surface area contributed by atoms with Crippen LogP contribution in [0.5, 0.6) is 0 Å². The van der Waals surface area contributed by atoms with Crippen LogP contribution in [0.2, 0.25) is 0 Å². The molecule has 7 heteroatoms. The fourth-order valence-electron chi connectivity index (χ4n) is 1.77. The van der Waals surface area contributed by atoms with Gasteiger partial charge in [0.05, 0.1) is 6.21 Å². The summed E-state index contributed by atoms with van der Waals surface area (Å²) in [6, 6.07) is 7.84. The highest BCUT2D eigenvalue weighted by Gasteiger charge is 2.00.